The molecular weight excluding hydrogens is 266 g/mol. The summed E-state index contributed by atoms with van der Waals surface area (Å²) in [5, 5.41) is 5.84. The van der Waals surface area contributed by atoms with Crippen LogP contribution in [0, 0.1) is 17.3 Å². The van der Waals surface area contributed by atoms with E-state index < -0.39 is 0 Å². The second-order valence-corrected chi connectivity index (χ2v) is 8.00. The molecule has 0 amide bonds. The molecule has 2 heterocycles. The van der Waals surface area contributed by atoms with Crippen LogP contribution in [0.3, 0.4) is 0 Å². The van der Waals surface area contributed by atoms with Crippen molar-refractivity contribution < 1.29 is 4.74 Å². The van der Waals surface area contributed by atoms with Crippen molar-refractivity contribution in [3.63, 3.8) is 0 Å². The summed E-state index contributed by atoms with van der Waals surface area (Å²) in [7, 11) is 0. The van der Waals surface area contributed by atoms with Gasteiger partial charge in [-0.25, -0.2) is 0 Å². The summed E-state index contributed by atoms with van der Waals surface area (Å²) in [6.07, 6.45) is 4.87. The van der Waals surface area contributed by atoms with Crippen LogP contribution in [0.4, 0.5) is 5.69 Å². The molecule has 0 radical (unpaired) electrons. The summed E-state index contributed by atoms with van der Waals surface area (Å²) in [6, 6.07) is 2.78. The van der Waals surface area contributed by atoms with Crippen LogP contribution in [0.1, 0.15) is 51.3 Å². The van der Waals surface area contributed by atoms with Gasteiger partial charge in [0.15, 0.2) is 0 Å². The van der Waals surface area contributed by atoms with Crippen molar-refractivity contribution in [2.24, 2.45) is 5.41 Å². The van der Waals surface area contributed by atoms with E-state index in [9.17, 15) is 0 Å². The van der Waals surface area contributed by atoms with E-state index in [1.54, 1.807) is 11.3 Å². The van der Waals surface area contributed by atoms with Gasteiger partial charge in [-0.15, -0.1) is 11.3 Å². The van der Waals surface area contributed by atoms with E-state index in [1.807, 2.05) is 0 Å². The number of nitrogens with one attached hydrogen (secondary N) is 1. The zero-order chi connectivity index (χ0) is 14.2. The van der Waals surface area contributed by atoms with E-state index in [4.69, 9.17) is 4.74 Å². The Morgan fingerprint density at radius 1 is 1.35 bits per heavy atom. The summed E-state index contributed by atoms with van der Waals surface area (Å²) in [5.74, 6) is 6.56. The first-order valence-electron chi connectivity index (χ1n) is 7.46. The molecule has 1 aliphatic carbocycles. The fraction of sp³-hybridized carbons (Fsp3) is 0.647. The summed E-state index contributed by atoms with van der Waals surface area (Å²) >= 11 is 1.73. The Bertz CT molecular complexity index is 529. The minimum atomic E-state index is 0.0690. The Morgan fingerprint density at radius 2 is 2.05 bits per heavy atom. The lowest BCUT2D eigenvalue weighted by Crippen LogP contribution is -2.29. The predicted octanol–water partition coefficient (Wildman–Crippen LogP) is 4.27. The largest absolute Gasteiger partial charge is 0.382 e. The van der Waals surface area contributed by atoms with Gasteiger partial charge in [0.1, 0.15) is 0 Å². The van der Waals surface area contributed by atoms with E-state index in [2.05, 4.69) is 49.4 Å². The lowest BCUT2D eigenvalue weighted by molar-refractivity contribution is 0.229. The molecule has 108 valence electrons. The Hall–Kier alpha value is -0.980. The first kappa shape index (κ1) is 14.0. The minimum Gasteiger partial charge on any atom is -0.382 e. The summed E-state index contributed by atoms with van der Waals surface area (Å²) in [4.78, 5) is 1.15. The highest BCUT2D eigenvalue weighted by molar-refractivity contribution is 7.11. The zero-order valence-electron chi connectivity index (χ0n) is 12.6. The van der Waals surface area contributed by atoms with E-state index in [0.29, 0.717) is 6.04 Å². The molecule has 1 aromatic heterocycles. The molecule has 1 aromatic rings. The van der Waals surface area contributed by atoms with Crippen LogP contribution < -0.4 is 5.32 Å². The average Bonchev–Trinajstić information content (AvgIpc) is 2.98. The first-order valence-corrected chi connectivity index (χ1v) is 8.34. The summed E-state index contributed by atoms with van der Waals surface area (Å²) in [5.41, 5.74) is 1.58. The van der Waals surface area contributed by atoms with Crippen molar-refractivity contribution in [2.45, 2.75) is 58.1 Å². The molecule has 1 saturated carbocycles. The monoisotopic (exact) mass is 289 g/mol. The van der Waals surface area contributed by atoms with Crippen molar-refractivity contribution in [1.29, 1.82) is 0 Å². The highest BCUT2D eigenvalue weighted by Crippen LogP contribution is 2.42. The van der Waals surface area contributed by atoms with Crippen LogP contribution in [0.5, 0.6) is 0 Å². The highest BCUT2D eigenvalue weighted by Gasteiger charge is 2.46. The molecule has 20 heavy (non-hydrogen) atoms. The van der Waals surface area contributed by atoms with Gasteiger partial charge in [-0.3, -0.25) is 0 Å². The number of hydrogen-bond acceptors (Lipinski definition) is 3. The molecule has 1 saturated heterocycles. The molecule has 0 unspecified atom stereocenters. The van der Waals surface area contributed by atoms with Crippen LogP contribution in [0.25, 0.3) is 0 Å². The van der Waals surface area contributed by atoms with Crippen LogP contribution in [-0.2, 0) is 4.74 Å². The van der Waals surface area contributed by atoms with Crippen LogP contribution >= 0.6 is 11.3 Å². The predicted molar refractivity (Wildman–Crippen MR) is 85.2 cm³/mol. The second kappa shape index (κ2) is 5.09. The molecule has 3 heteroatoms. The standard InChI is InChI=1S/C17H23NOS/c1-16(2,3)7-6-15-10-14(11-20-15)18-13-4-8-17(9-5-13)12-19-17/h10-11,13,18H,4-5,8-9,12H2,1-3H3. The maximum atomic E-state index is 5.56. The lowest BCUT2D eigenvalue weighted by Gasteiger charge is -2.27. The topological polar surface area (TPSA) is 24.6 Å². The van der Waals surface area contributed by atoms with Crippen LogP contribution in [0.15, 0.2) is 11.4 Å². The third-order valence-electron chi connectivity index (χ3n) is 3.98. The van der Waals surface area contributed by atoms with Crippen molar-refractivity contribution in [2.75, 3.05) is 11.9 Å². The summed E-state index contributed by atoms with van der Waals surface area (Å²) in [6.45, 7) is 7.42. The molecule has 1 aliphatic heterocycles. The van der Waals surface area contributed by atoms with Gasteiger partial charge in [-0.05, 0) is 52.5 Å². The van der Waals surface area contributed by atoms with Gasteiger partial charge in [0.05, 0.1) is 17.1 Å². The maximum absolute atomic E-state index is 5.56. The normalized spacial score (nSPS) is 28.9. The number of hydrogen-bond donors (Lipinski definition) is 1. The molecule has 1 spiro atoms. The van der Waals surface area contributed by atoms with Crippen molar-refractivity contribution in [1.82, 2.24) is 0 Å². The van der Waals surface area contributed by atoms with E-state index in [-0.39, 0.29) is 11.0 Å². The molecule has 0 atom stereocenters. The Kier molecular flexibility index (Phi) is 3.56. The van der Waals surface area contributed by atoms with Gasteiger partial charge >= 0.3 is 0 Å². The molecule has 2 nitrogen and oxygen atoms in total. The number of anilines is 1. The molecule has 2 aliphatic rings. The number of ether oxygens (including phenoxy) is 1. The van der Waals surface area contributed by atoms with Crippen molar-refractivity contribution in [3.8, 4) is 11.8 Å². The molecule has 1 N–H and O–H groups in total. The minimum absolute atomic E-state index is 0.0690. The van der Waals surface area contributed by atoms with Crippen molar-refractivity contribution in [3.05, 3.63) is 16.3 Å². The Morgan fingerprint density at radius 3 is 2.65 bits per heavy atom. The molecule has 0 aromatic carbocycles. The van der Waals surface area contributed by atoms with E-state index in [1.165, 1.54) is 31.4 Å². The fourth-order valence-electron chi connectivity index (χ4n) is 2.64. The van der Waals surface area contributed by atoms with Gasteiger partial charge < -0.3 is 10.1 Å². The van der Waals surface area contributed by atoms with Gasteiger partial charge in [-0.1, -0.05) is 11.8 Å². The van der Waals surface area contributed by atoms with E-state index in [0.717, 1.165) is 11.5 Å². The highest BCUT2D eigenvalue weighted by atomic mass is 32.1. The average molecular weight is 289 g/mol. The first-order chi connectivity index (χ1) is 9.44. The summed E-state index contributed by atoms with van der Waals surface area (Å²) < 4.78 is 5.56. The maximum Gasteiger partial charge on any atom is 0.0918 e. The van der Waals surface area contributed by atoms with Crippen molar-refractivity contribution >= 4 is 17.0 Å². The van der Waals surface area contributed by atoms with Gasteiger partial charge in [0.2, 0.25) is 0 Å². The zero-order valence-corrected chi connectivity index (χ0v) is 13.4. The number of thiophene rings is 1. The van der Waals surface area contributed by atoms with Gasteiger partial charge in [0, 0.05) is 22.5 Å². The quantitative estimate of drug-likeness (QED) is 0.649. The van der Waals surface area contributed by atoms with Crippen LogP contribution in [-0.4, -0.2) is 18.2 Å². The lowest BCUT2D eigenvalue weighted by atomic mass is 9.86. The number of rotatable bonds is 2. The van der Waals surface area contributed by atoms with E-state index >= 15 is 0 Å². The third-order valence-corrected chi connectivity index (χ3v) is 4.83. The molecular formula is C17H23NOS. The van der Waals surface area contributed by atoms with Crippen LogP contribution in [0.2, 0.25) is 0 Å². The number of epoxide rings is 1. The molecule has 2 fully saturated rings. The Labute approximate surface area is 125 Å². The van der Waals surface area contributed by atoms with Gasteiger partial charge in [0.25, 0.3) is 0 Å². The molecule has 3 rings (SSSR count). The fourth-order valence-corrected chi connectivity index (χ4v) is 3.34. The third kappa shape index (κ3) is 3.56. The molecule has 0 bridgehead atoms. The smallest absolute Gasteiger partial charge is 0.0918 e. The Balaban J connectivity index is 1.55. The second-order valence-electron chi connectivity index (χ2n) is 7.09. The SMILES string of the molecule is CC(C)(C)C#Cc1cc(NC2CCC3(CC2)CO3)cs1. The van der Waals surface area contributed by atoms with Gasteiger partial charge in [-0.2, -0.15) is 0 Å².